The van der Waals surface area contributed by atoms with Crippen molar-refractivity contribution in [2.24, 2.45) is 0 Å². The highest BCUT2D eigenvalue weighted by Gasteiger charge is 2.39. The molecule has 3 rings (SSSR count). The van der Waals surface area contributed by atoms with Gasteiger partial charge in [0.05, 0.1) is 18.8 Å². The van der Waals surface area contributed by atoms with Gasteiger partial charge in [-0.15, -0.1) is 0 Å². The molecule has 1 N–H and O–H groups in total. The van der Waals surface area contributed by atoms with Crippen LogP contribution in [0.25, 0.3) is 0 Å². The minimum absolute atomic E-state index is 0.173. The largest absolute Gasteiger partial charge is 0.374 e. The number of nitrogens with one attached hydrogen (secondary N) is 1. The number of amides is 2. The van der Waals surface area contributed by atoms with Crippen LogP contribution in [0.4, 0.5) is 4.79 Å². The topological polar surface area (TPSA) is 48.1 Å². The Hall–Kier alpha value is -0.850. The Kier molecular flexibility index (Phi) is 3.91. The van der Waals surface area contributed by atoms with E-state index >= 15 is 0 Å². The summed E-state index contributed by atoms with van der Waals surface area (Å²) in [5.74, 6) is 0. The number of carbonyl (C=O) groups excluding carboxylic acids is 1. The average Bonchev–Trinajstić information content (AvgIpc) is 2.76. The van der Waals surface area contributed by atoms with E-state index in [1.165, 1.54) is 0 Å². The molecule has 0 saturated carbocycles. The Balaban J connectivity index is 1.56. The van der Waals surface area contributed by atoms with Gasteiger partial charge in [0.25, 0.3) is 0 Å². The molecule has 0 bridgehead atoms. The van der Waals surface area contributed by atoms with E-state index in [4.69, 9.17) is 4.74 Å². The van der Waals surface area contributed by atoms with Gasteiger partial charge >= 0.3 is 6.03 Å². The first-order valence-corrected chi connectivity index (χ1v) is 7.38. The van der Waals surface area contributed by atoms with E-state index in [0.29, 0.717) is 6.04 Å². The lowest BCUT2D eigenvalue weighted by Gasteiger charge is -2.34. The maximum atomic E-state index is 12.3. The molecule has 0 aromatic rings. The summed E-state index contributed by atoms with van der Waals surface area (Å²) >= 11 is 0. The molecule has 108 valence electrons. The maximum Gasteiger partial charge on any atom is 0.320 e. The molecule has 3 aliphatic rings. The summed E-state index contributed by atoms with van der Waals surface area (Å²) in [6, 6.07) is 0.552. The Bertz CT molecular complexity index is 339. The van der Waals surface area contributed by atoms with Crippen LogP contribution in [0.15, 0.2) is 0 Å². The maximum absolute atomic E-state index is 12.3. The number of carbonyl (C=O) groups is 1. The van der Waals surface area contributed by atoms with Gasteiger partial charge in [0.2, 0.25) is 0 Å². The van der Waals surface area contributed by atoms with Crippen LogP contribution in [-0.2, 0) is 4.74 Å². The molecule has 6 nitrogen and oxygen atoms in total. The van der Waals surface area contributed by atoms with Crippen molar-refractivity contribution in [2.75, 3.05) is 59.0 Å². The van der Waals surface area contributed by atoms with E-state index in [1.54, 1.807) is 0 Å². The van der Waals surface area contributed by atoms with Crippen molar-refractivity contribution in [3.05, 3.63) is 0 Å². The smallest absolute Gasteiger partial charge is 0.320 e. The van der Waals surface area contributed by atoms with Crippen LogP contribution in [0, 0.1) is 0 Å². The second kappa shape index (κ2) is 5.64. The molecule has 0 aromatic carbocycles. The van der Waals surface area contributed by atoms with E-state index in [1.807, 2.05) is 9.80 Å². The van der Waals surface area contributed by atoms with Crippen LogP contribution in [0.5, 0.6) is 0 Å². The summed E-state index contributed by atoms with van der Waals surface area (Å²) in [4.78, 5) is 18.7. The number of hydrogen-bond donors (Lipinski definition) is 1. The number of rotatable bonds is 3. The van der Waals surface area contributed by atoms with Crippen molar-refractivity contribution >= 4 is 6.03 Å². The van der Waals surface area contributed by atoms with Crippen LogP contribution in [0.3, 0.4) is 0 Å². The summed E-state index contributed by atoms with van der Waals surface area (Å²) in [5, 5.41) is 3.36. The standard InChI is InChI=1S/C13H24N4O2/c1-2-15-5-6-19-12(9-15)10-16-8-11-7-14-3-4-17(11)13(16)18/h11-12,14H,2-10H2,1H3. The molecule has 6 heteroatoms. The van der Waals surface area contributed by atoms with Crippen molar-refractivity contribution in [2.45, 2.75) is 19.1 Å². The highest BCUT2D eigenvalue weighted by molar-refractivity contribution is 5.77. The van der Waals surface area contributed by atoms with E-state index in [2.05, 4.69) is 17.1 Å². The van der Waals surface area contributed by atoms with Gasteiger partial charge in [-0.25, -0.2) is 4.79 Å². The van der Waals surface area contributed by atoms with E-state index in [9.17, 15) is 4.79 Å². The lowest BCUT2D eigenvalue weighted by Crippen LogP contribution is -2.50. The number of urea groups is 1. The Morgan fingerprint density at radius 2 is 2.26 bits per heavy atom. The normalized spacial score (nSPS) is 32.8. The lowest BCUT2D eigenvalue weighted by molar-refractivity contribution is -0.0355. The second-order valence-electron chi connectivity index (χ2n) is 5.62. The predicted octanol–water partition coefficient (Wildman–Crippen LogP) is -0.583. The molecule has 0 aromatic heterocycles. The van der Waals surface area contributed by atoms with Gasteiger partial charge in [-0.2, -0.15) is 0 Å². The van der Waals surface area contributed by atoms with Crippen molar-refractivity contribution in [1.29, 1.82) is 0 Å². The minimum atomic E-state index is 0.173. The number of piperazine rings is 1. The van der Waals surface area contributed by atoms with E-state index in [0.717, 1.165) is 59.0 Å². The Morgan fingerprint density at radius 3 is 3.05 bits per heavy atom. The summed E-state index contributed by atoms with van der Waals surface area (Å²) in [6.07, 6.45) is 0.173. The number of morpholine rings is 1. The summed E-state index contributed by atoms with van der Waals surface area (Å²) in [7, 11) is 0. The van der Waals surface area contributed by atoms with Gasteiger partial charge in [-0.1, -0.05) is 6.92 Å². The first-order valence-electron chi connectivity index (χ1n) is 7.38. The number of ether oxygens (including phenoxy) is 1. The monoisotopic (exact) mass is 268 g/mol. The van der Waals surface area contributed by atoms with Crippen molar-refractivity contribution in [3.63, 3.8) is 0 Å². The van der Waals surface area contributed by atoms with Gasteiger partial charge in [-0.3, -0.25) is 4.90 Å². The third-order valence-electron chi connectivity index (χ3n) is 4.39. The van der Waals surface area contributed by atoms with Gasteiger partial charge in [-0.05, 0) is 6.54 Å². The molecular weight excluding hydrogens is 244 g/mol. The first-order chi connectivity index (χ1) is 9.28. The molecule has 2 unspecified atom stereocenters. The number of likely N-dealkylation sites (N-methyl/N-ethyl adjacent to an activating group) is 1. The van der Waals surface area contributed by atoms with E-state index in [-0.39, 0.29) is 12.1 Å². The summed E-state index contributed by atoms with van der Waals surface area (Å²) in [5.41, 5.74) is 0. The second-order valence-corrected chi connectivity index (χ2v) is 5.62. The summed E-state index contributed by atoms with van der Waals surface area (Å²) < 4.78 is 5.80. The van der Waals surface area contributed by atoms with Crippen LogP contribution in [0.1, 0.15) is 6.92 Å². The molecule has 0 radical (unpaired) electrons. The molecule has 2 amide bonds. The predicted molar refractivity (Wildman–Crippen MR) is 72.2 cm³/mol. The molecule has 3 heterocycles. The Morgan fingerprint density at radius 1 is 1.37 bits per heavy atom. The van der Waals surface area contributed by atoms with Gasteiger partial charge in [0.15, 0.2) is 0 Å². The highest BCUT2D eigenvalue weighted by atomic mass is 16.5. The number of hydrogen-bond acceptors (Lipinski definition) is 4. The first kappa shape index (κ1) is 13.1. The van der Waals surface area contributed by atoms with Crippen LogP contribution < -0.4 is 5.32 Å². The third-order valence-corrected chi connectivity index (χ3v) is 4.39. The molecule has 0 aliphatic carbocycles. The van der Waals surface area contributed by atoms with Gasteiger partial charge in [0.1, 0.15) is 0 Å². The van der Waals surface area contributed by atoms with Gasteiger partial charge in [0, 0.05) is 45.8 Å². The fraction of sp³-hybridized carbons (Fsp3) is 0.923. The van der Waals surface area contributed by atoms with Gasteiger partial charge < -0.3 is 19.9 Å². The Labute approximate surface area is 114 Å². The zero-order chi connectivity index (χ0) is 13.2. The zero-order valence-corrected chi connectivity index (χ0v) is 11.7. The molecule has 3 aliphatic heterocycles. The minimum Gasteiger partial charge on any atom is -0.374 e. The highest BCUT2D eigenvalue weighted by Crippen LogP contribution is 2.19. The van der Waals surface area contributed by atoms with Crippen LogP contribution >= 0.6 is 0 Å². The quantitative estimate of drug-likeness (QED) is 0.744. The SMILES string of the molecule is CCN1CCOC(CN2CC3CNCCN3C2=O)C1. The van der Waals surface area contributed by atoms with E-state index < -0.39 is 0 Å². The molecule has 2 atom stereocenters. The molecule has 3 saturated heterocycles. The van der Waals surface area contributed by atoms with Crippen molar-refractivity contribution in [1.82, 2.24) is 20.0 Å². The summed E-state index contributed by atoms with van der Waals surface area (Å²) in [6.45, 7) is 10.3. The number of fused-ring (bicyclic) bond motifs is 1. The van der Waals surface area contributed by atoms with Crippen molar-refractivity contribution in [3.8, 4) is 0 Å². The zero-order valence-electron chi connectivity index (χ0n) is 11.7. The molecular formula is C13H24N4O2. The van der Waals surface area contributed by atoms with Crippen molar-refractivity contribution < 1.29 is 9.53 Å². The lowest BCUT2D eigenvalue weighted by atomic mass is 10.2. The molecule has 3 fully saturated rings. The fourth-order valence-electron chi connectivity index (χ4n) is 3.27. The fourth-order valence-corrected chi connectivity index (χ4v) is 3.27. The molecule has 0 spiro atoms. The average molecular weight is 268 g/mol. The number of nitrogens with zero attached hydrogens (tertiary/aromatic N) is 3. The van der Waals surface area contributed by atoms with Crippen LogP contribution in [0.2, 0.25) is 0 Å². The third kappa shape index (κ3) is 2.70. The molecule has 19 heavy (non-hydrogen) atoms. The van der Waals surface area contributed by atoms with Crippen LogP contribution in [-0.4, -0.2) is 91.8 Å².